The molecule has 0 aromatic carbocycles. The summed E-state index contributed by atoms with van der Waals surface area (Å²) in [5, 5.41) is 10.4. The largest absolute Gasteiger partial charge is 0.458 e. The van der Waals surface area contributed by atoms with E-state index in [0.717, 1.165) is 0 Å². The molecule has 0 aliphatic rings. The maximum absolute atomic E-state index is 12.0. The van der Waals surface area contributed by atoms with Gasteiger partial charge in [-0.1, -0.05) is 27.7 Å². The Morgan fingerprint density at radius 3 is 1.83 bits per heavy atom. The van der Waals surface area contributed by atoms with Crippen molar-refractivity contribution in [3.63, 3.8) is 0 Å². The number of esters is 1. The summed E-state index contributed by atoms with van der Waals surface area (Å²) in [5.74, 6) is -1.68. The molecule has 0 fully saturated rings. The highest BCUT2D eigenvalue weighted by molar-refractivity contribution is 5.84. The number of amides is 1. The van der Waals surface area contributed by atoms with Crippen LogP contribution in [0.3, 0.4) is 0 Å². The van der Waals surface area contributed by atoms with Crippen LogP contribution in [0.4, 0.5) is 0 Å². The lowest BCUT2D eigenvalue weighted by Gasteiger charge is -2.31. The molecule has 0 aliphatic carbocycles. The van der Waals surface area contributed by atoms with Gasteiger partial charge in [0, 0.05) is 5.92 Å². The number of carbonyl (C=O) groups excluding carboxylic acids is 2. The van der Waals surface area contributed by atoms with Crippen molar-refractivity contribution in [3.8, 4) is 0 Å². The van der Waals surface area contributed by atoms with Gasteiger partial charge in [0.1, 0.15) is 5.60 Å². The molecule has 1 amide bonds. The Balaban J connectivity index is 4.98. The lowest BCUT2D eigenvalue weighted by atomic mass is 10.0. The quantitative estimate of drug-likeness (QED) is 0.477. The van der Waals surface area contributed by atoms with Crippen LogP contribution in [0.25, 0.3) is 0 Å². The van der Waals surface area contributed by atoms with E-state index in [1.54, 1.807) is 48.5 Å². The third kappa shape index (κ3) is 5.04. The van der Waals surface area contributed by atoms with Gasteiger partial charge in [0.15, 0.2) is 6.04 Å². The summed E-state index contributed by atoms with van der Waals surface area (Å²) in [6.07, 6.45) is 0. The molecule has 0 aromatic heterocycles. The molecule has 0 saturated heterocycles. The zero-order chi connectivity index (χ0) is 14.7. The van der Waals surface area contributed by atoms with Crippen molar-refractivity contribution < 1.29 is 19.5 Å². The van der Waals surface area contributed by atoms with Gasteiger partial charge in [-0.3, -0.25) is 10.0 Å². The molecule has 106 valence electrons. The number of rotatable bonds is 4. The summed E-state index contributed by atoms with van der Waals surface area (Å²) in [5.41, 5.74) is -0.647. The van der Waals surface area contributed by atoms with Crippen LogP contribution in [-0.2, 0) is 14.3 Å². The molecule has 5 nitrogen and oxygen atoms in total. The summed E-state index contributed by atoms with van der Waals surface area (Å²) in [6.45, 7) is 12.1. The van der Waals surface area contributed by atoms with Crippen LogP contribution in [0.5, 0.6) is 0 Å². The molecule has 0 rings (SSSR count). The Morgan fingerprint density at radius 1 is 1.11 bits per heavy atom. The Morgan fingerprint density at radius 2 is 1.56 bits per heavy atom. The average Bonchev–Trinajstić information content (AvgIpc) is 2.12. The first-order valence-corrected chi connectivity index (χ1v) is 6.22. The summed E-state index contributed by atoms with van der Waals surface area (Å²) in [7, 11) is 0. The van der Waals surface area contributed by atoms with Crippen molar-refractivity contribution in [1.82, 2.24) is 5.06 Å². The molecule has 18 heavy (non-hydrogen) atoms. The van der Waals surface area contributed by atoms with Crippen LogP contribution >= 0.6 is 0 Å². The van der Waals surface area contributed by atoms with Crippen molar-refractivity contribution in [2.45, 2.75) is 60.1 Å². The lowest BCUT2D eigenvalue weighted by molar-refractivity contribution is -0.200. The molecule has 0 unspecified atom stereocenters. The smallest absolute Gasteiger partial charge is 0.332 e. The number of hydrogen-bond donors (Lipinski definition) is 1. The number of hydroxylamine groups is 2. The minimum absolute atomic E-state index is 0.229. The van der Waals surface area contributed by atoms with E-state index in [2.05, 4.69) is 0 Å². The summed E-state index contributed by atoms with van der Waals surface area (Å²) < 4.78 is 5.22. The van der Waals surface area contributed by atoms with Crippen LogP contribution in [-0.4, -0.2) is 33.8 Å². The molecular weight excluding hydrogens is 234 g/mol. The molecule has 0 heterocycles. The molecule has 5 heteroatoms. The Hall–Kier alpha value is -1.10. The van der Waals surface area contributed by atoms with Crippen molar-refractivity contribution in [2.24, 2.45) is 11.8 Å². The minimum atomic E-state index is -0.973. The molecule has 0 spiro atoms. The van der Waals surface area contributed by atoms with Gasteiger partial charge in [0.2, 0.25) is 5.91 Å². The Labute approximate surface area is 109 Å². The van der Waals surface area contributed by atoms with Crippen LogP contribution in [0, 0.1) is 11.8 Å². The average molecular weight is 259 g/mol. The second kappa shape index (κ2) is 6.18. The number of hydrogen-bond acceptors (Lipinski definition) is 4. The van der Waals surface area contributed by atoms with E-state index in [0.29, 0.717) is 5.06 Å². The predicted octanol–water partition coefficient (Wildman–Crippen LogP) is 2.23. The van der Waals surface area contributed by atoms with E-state index in [9.17, 15) is 14.8 Å². The molecular formula is C13H25NO4. The Kier molecular flexibility index (Phi) is 5.80. The number of nitrogens with zero attached hydrogens (tertiary/aromatic N) is 1. The number of carbonyl (C=O) groups is 2. The fourth-order valence-corrected chi connectivity index (χ4v) is 1.42. The van der Waals surface area contributed by atoms with Gasteiger partial charge in [0.25, 0.3) is 0 Å². The third-order valence-electron chi connectivity index (χ3n) is 2.26. The van der Waals surface area contributed by atoms with Gasteiger partial charge in [0.05, 0.1) is 0 Å². The van der Waals surface area contributed by atoms with Gasteiger partial charge in [-0.25, -0.2) is 9.86 Å². The van der Waals surface area contributed by atoms with E-state index in [1.165, 1.54) is 0 Å². The van der Waals surface area contributed by atoms with Gasteiger partial charge in [-0.15, -0.1) is 0 Å². The highest BCUT2D eigenvalue weighted by atomic mass is 16.6. The fourth-order valence-electron chi connectivity index (χ4n) is 1.42. The van der Waals surface area contributed by atoms with Gasteiger partial charge in [-0.2, -0.15) is 0 Å². The van der Waals surface area contributed by atoms with E-state index < -0.39 is 23.5 Å². The molecule has 0 aromatic rings. The first-order valence-electron chi connectivity index (χ1n) is 6.22. The first-order chi connectivity index (χ1) is 7.97. The monoisotopic (exact) mass is 259 g/mol. The zero-order valence-corrected chi connectivity index (χ0v) is 12.4. The van der Waals surface area contributed by atoms with Crippen LogP contribution in [0.2, 0.25) is 0 Å². The molecule has 0 aliphatic heterocycles. The van der Waals surface area contributed by atoms with Crippen molar-refractivity contribution in [3.05, 3.63) is 0 Å². The van der Waals surface area contributed by atoms with E-state index in [1.807, 2.05) is 0 Å². The lowest BCUT2D eigenvalue weighted by Crippen LogP contribution is -2.49. The van der Waals surface area contributed by atoms with Gasteiger partial charge < -0.3 is 4.74 Å². The van der Waals surface area contributed by atoms with Gasteiger partial charge >= 0.3 is 5.97 Å². The molecule has 1 atom stereocenters. The standard InChI is InChI=1S/C13H25NO4/c1-8(2)10(12(16)18-13(5,6)7)14(17)11(15)9(3)4/h8-10,17H,1-7H3/t10-/m0/s1. The maximum Gasteiger partial charge on any atom is 0.332 e. The Bertz CT molecular complexity index is 305. The van der Waals surface area contributed by atoms with Crippen LogP contribution in [0.15, 0.2) is 0 Å². The van der Waals surface area contributed by atoms with Crippen molar-refractivity contribution in [2.75, 3.05) is 0 Å². The van der Waals surface area contributed by atoms with Gasteiger partial charge in [-0.05, 0) is 26.7 Å². The van der Waals surface area contributed by atoms with Crippen molar-refractivity contribution in [1.29, 1.82) is 0 Å². The van der Waals surface area contributed by atoms with E-state index in [-0.39, 0.29) is 11.8 Å². The molecule has 0 bridgehead atoms. The van der Waals surface area contributed by atoms with Crippen LogP contribution in [0.1, 0.15) is 48.5 Å². The fraction of sp³-hybridized carbons (Fsp3) is 0.846. The maximum atomic E-state index is 12.0. The molecule has 0 radical (unpaired) electrons. The minimum Gasteiger partial charge on any atom is -0.458 e. The second-order valence-corrected chi connectivity index (χ2v) is 6.06. The SMILES string of the molecule is CC(C)C(=O)N(O)[C@H](C(=O)OC(C)(C)C)C(C)C. The van der Waals surface area contributed by atoms with E-state index >= 15 is 0 Å². The summed E-state index contributed by atoms with van der Waals surface area (Å²) >= 11 is 0. The number of ether oxygens (including phenoxy) is 1. The highest BCUT2D eigenvalue weighted by Crippen LogP contribution is 2.17. The highest BCUT2D eigenvalue weighted by Gasteiger charge is 2.35. The molecule has 0 saturated carbocycles. The third-order valence-corrected chi connectivity index (χ3v) is 2.26. The zero-order valence-electron chi connectivity index (χ0n) is 12.4. The van der Waals surface area contributed by atoms with Crippen molar-refractivity contribution >= 4 is 11.9 Å². The topological polar surface area (TPSA) is 66.8 Å². The summed E-state index contributed by atoms with van der Waals surface area (Å²) in [6, 6.07) is -0.973. The normalized spacial score (nSPS) is 13.7. The first kappa shape index (κ1) is 16.9. The van der Waals surface area contributed by atoms with Crippen LogP contribution < -0.4 is 0 Å². The second-order valence-electron chi connectivity index (χ2n) is 6.06. The summed E-state index contributed by atoms with van der Waals surface area (Å²) in [4.78, 5) is 23.7. The van der Waals surface area contributed by atoms with E-state index in [4.69, 9.17) is 4.74 Å². The predicted molar refractivity (Wildman–Crippen MR) is 67.9 cm³/mol. The molecule has 1 N–H and O–H groups in total.